The number of ether oxygens (including phenoxy) is 3. The molecule has 1 aromatic heterocycles. The van der Waals surface area contributed by atoms with Crippen LogP contribution in [-0.2, 0) is 9.59 Å². The van der Waals surface area contributed by atoms with E-state index in [1.54, 1.807) is 60.7 Å². The number of thiazole rings is 1. The largest absolute Gasteiger partial charge is 0.507 e. The Hall–Kier alpha value is -4.08. The van der Waals surface area contributed by atoms with Crippen molar-refractivity contribution in [3.05, 3.63) is 82.4 Å². The third-order valence-corrected chi connectivity index (χ3v) is 7.41. The van der Waals surface area contributed by atoms with Crippen LogP contribution in [0, 0.1) is 0 Å². The van der Waals surface area contributed by atoms with Crippen molar-refractivity contribution in [2.45, 2.75) is 13.0 Å². The molecular formula is C28H23ClN2O6S. The summed E-state index contributed by atoms with van der Waals surface area (Å²) in [6.45, 7) is 2.29. The first-order chi connectivity index (χ1) is 18.4. The van der Waals surface area contributed by atoms with Gasteiger partial charge in [0.2, 0.25) is 0 Å². The molecule has 5 rings (SSSR count). The van der Waals surface area contributed by atoms with Crippen LogP contribution in [0.5, 0.6) is 17.2 Å². The van der Waals surface area contributed by atoms with Gasteiger partial charge in [0.15, 0.2) is 16.6 Å². The normalized spacial score (nSPS) is 16.7. The summed E-state index contributed by atoms with van der Waals surface area (Å²) in [5, 5.41) is 12.2. The van der Waals surface area contributed by atoms with E-state index >= 15 is 0 Å². The summed E-state index contributed by atoms with van der Waals surface area (Å²) < 4.78 is 17.1. The fourth-order valence-corrected chi connectivity index (χ4v) is 5.64. The Bertz CT molecular complexity index is 1580. The van der Waals surface area contributed by atoms with Crippen LogP contribution in [0.3, 0.4) is 0 Å². The molecule has 1 fully saturated rings. The standard InChI is InChI=1S/C28H23ClN2O6S/c1-4-37-20-12-7-16(13-21(20)36-3)24-23(25(32)15-5-9-18(35-2)10-6-15)26(33)27(34)31(24)28-30-19-11-8-17(29)14-22(19)38-28/h5-14,24,32H,4H2,1-3H3. The van der Waals surface area contributed by atoms with Crippen LogP contribution in [0.25, 0.3) is 16.0 Å². The number of hydrogen-bond acceptors (Lipinski definition) is 8. The van der Waals surface area contributed by atoms with E-state index in [0.717, 1.165) is 4.70 Å². The molecule has 1 saturated heterocycles. The lowest BCUT2D eigenvalue weighted by atomic mass is 9.95. The molecule has 38 heavy (non-hydrogen) atoms. The number of aliphatic hydroxyl groups excluding tert-OH is 1. The molecule has 1 N–H and O–H groups in total. The van der Waals surface area contributed by atoms with Crippen molar-refractivity contribution in [3.8, 4) is 17.2 Å². The second kappa shape index (κ2) is 10.4. The molecule has 4 aromatic rings. The highest BCUT2D eigenvalue weighted by Crippen LogP contribution is 2.46. The number of rotatable bonds is 7. The zero-order valence-electron chi connectivity index (χ0n) is 20.7. The van der Waals surface area contributed by atoms with Crippen LogP contribution < -0.4 is 19.1 Å². The minimum absolute atomic E-state index is 0.0660. The van der Waals surface area contributed by atoms with Gasteiger partial charge in [-0.05, 0) is 67.1 Å². The predicted octanol–water partition coefficient (Wildman–Crippen LogP) is 5.99. The van der Waals surface area contributed by atoms with Crippen molar-refractivity contribution < 1.29 is 28.9 Å². The van der Waals surface area contributed by atoms with E-state index in [9.17, 15) is 14.7 Å². The Kier molecular flexibility index (Phi) is 6.96. The molecule has 0 bridgehead atoms. The highest BCUT2D eigenvalue weighted by atomic mass is 35.5. The number of aromatic nitrogens is 1. The Morgan fingerprint density at radius 2 is 1.79 bits per heavy atom. The summed E-state index contributed by atoms with van der Waals surface area (Å²) in [6, 6.07) is 16.0. The summed E-state index contributed by atoms with van der Waals surface area (Å²) in [6.07, 6.45) is 0. The van der Waals surface area contributed by atoms with E-state index in [2.05, 4.69) is 4.98 Å². The minimum Gasteiger partial charge on any atom is -0.507 e. The molecular weight excluding hydrogens is 528 g/mol. The Morgan fingerprint density at radius 3 is 2.47 bits per heavy atom. The minimum atomic E-state index is -0.974. The number of anilines is 1. The number of carbonyl (C=O) groups excluding carboxylic acids is 2. The van der Waals surface area contributed by atoms with Crippen LogP contribution in [0.4, 0.5) is 5.13 Å². The van der Waals surface area contributed by atoms with Gasteiger partial charge < -0.3 is 19.3 Å². The number of carbonyl (C=O) groups is 2. The molecule has 0 spiro atoms. The summed E-state index contributed by atoms with van der Waals surface area (Å²) in [4.78, 5) is 32.9. The fraction of sp³-hybridized carbons (Fsp3) is 0.179. The van der Waals surface area contributed by atoms with Crippen LogP contribution in [-0.4, -0.2) is 42.6 Å². The molecule has 3 aromatic carbocycles. The zero-order chi connectivity index (χ0) is 27.0. The van der Waals surface area contributed by atoms with E-state index in [1.165, 1.54) is 30.5 Å². The van der Waals surface area contributed by atoms with Gasteiger partial charge in [0, 0.05) is 10.6 Å². The summed E-state index contributed by atoms with van der Waals surface area (Å²) in [5.74, 6) is -0.411. The van der Waals surface area contributed by atoms with Gasteiger partial charge in [-0.1, -0.05) is 29.0 Å². The van der Waals surface area contributed by atoms with Gasteiger partial charge in [0.1, 0.15) is 11.5 Å². The number of aliphatic hydroxyl groups is 1. The molecule has 1 amide bonds. The number of Topliss-reactive ketones (excluding diaryl/α,β-unsaturated/α-hetero) is 1. The molecule has 1 aliphatic rings. The summed E-state index contributed by atoms with van der Waals surface area (Å²) in [5.41, 5.74) is 1.47. The smallest absolute Gasteiger partial charge is 0.301 e. The number of halogens is 1. The van der Waals surface area contributed by atoms with Crippen molar-refractivity contribution in [1.29, 1.82) is 0 Å². The first-order valence-electron chi connectivity index (χ1n) is 11.7. The Morgan fingerprint density at radius 1 is 1.03 bits per heavy atom. The summed E-state index contributed by atoms with van der Waals surface area (Å²) in [7, 11) is 3.04. The molecule has 1 unspecified atom stereocenters. The van der Waals surface area contributed by atoms with Crippen molar-refractivity contribution >= 4 is 55.7 Å². The molecule has 2 heterocycles. The van der Waals surface area contributed by atoms with Crippen molar-refractivity contribution in [3.63, 3.8) is 0 Å². The number of hydrogen-bond donors (Lipinski definition) is 1. The maximum atomic E-state index is 13.5. The van der Waals surface area contributed by atoms with Crippen LogP contribution in [0.2, 0.25) is 5.02 Å². The van der Waals surface area contributed by atoms with E-state index in [4.69, 9.17) is 25.8 Å². The second-order valence-corrected chi connectivity index (χ2v) is 9.79. The number of methoxy groups -OCH3 is 2. The quantitative estimate of drug-likeness (QED) is 0.171. The van der Waals surface area contributed by atoms with Crippen LogP contribution in [0.15, 0.2) is 66.2 Å². The molecule has 194 valence electrons. The molecule has 0 saturated carbocycles. The third kappa shape index (κ3) is 4.44. The second-order valence-electron chi connectivity index (χ2n) is 8.35. The lowest BCUT2D eigenvalue weighted by Crippen LogP contribution is -2.29. The lowest BCUT2D eigenvalue weighted by molar-refractivity contribution is -0.132. The number of fused-ring (bicyclic) bond motifs is 1. The lowest BCUT2D eigenvalue weighted by Gasteiger charge is -2.24. The summed E-state index contributed by atoms with van der Waals surface area (Å²) >= 11 is 7.39. The Labute approximate surface area is 227 Å². The Balaban J connectivity index is 1.72. The number of nitrogens with zero attached hydrogens (tertiary/aromatic N) is 2. The predicted molar refractivity (Wildman–Crippen MR) is 147 cm³/mol. The zero-order valence-corrected chi connectivity index (χ0v) is 22.3. The molecule has 0 radical (unpaired) electrons. The average Bonchev–Trinajstić information content (AvgIpc) is 3.46. The molecule has 10 heteroatoms. The van der Waals surface area contributed by atoms with Crippen molar-refractivity contribution in [1.82, 2.24) is 4.98 Å². The van der Waals surface area contributed by atoms with Gasteiger partial charge >= 0.3 is 5.91 Å². The molecule has 8 nitrogen and oxygen atoms in total. The van der Waals surface area contributed by atoms with Crippen molar-refractivity contribution in [2.24, 2.45) is 0 Å². The fourth-order valence-electron chi connectivity index (χ4n) is 4.37. The van der Waals surface area contributed by atoms with Crippen molar-refractivity contribution in [2.75, 3.05) is 25.7 Å². The highest BCUT2D eigenvalue weighted by Gasteiger charge is 2.48. The van der Waals surface area contributed by atoms with E-state index in [1.807, 2.05) is 6.92 Å². The first kappa shape index (κ1) is 25.6. The van der Waals surface area contributed by atoms with E-state index in [-0.39, 0.29) is 11.3 Å². The SMILES string of the molecule is CCOc1ccc(C2C(=C(O)c3ccc(OC)cc3)C(=O)C(=O)N2c2nc3ccc(Cl)cc3s2)cc1OC. The maximum Gasteiger partial charge on any atom is 0.301 e. The monoisotopic (exact) mass is 550 g/mol. The van der Waals surface area contributed by atoms with Gasteiger partial charge in [-0.25, -0.2) is 4.98 Å². The van der Waals surface area contributed by atoms with Gasteiger partial charge in [0.05, 0.1) is 42.7 Å². The third-order valence-electron chi connectivity index (χ3n) is 6.16. The van der Waals surface area contributed by atoms with Gasteiger partial charge in [-0.2, -0.15) is 0 Å². The molecule has 0 aliphatic carbocycles. The number of benzene rings is 3. The van der Waals surface area contributed by atoms with Crippen LogP contribution in [0.1, 0.15) is 24.1 Å². The van der Waals surface area contributed by atoms with E-state index in [0.29, 0.717) is 50.7 Å². The van der Waals surface area contributed by atoms with E-state index < -0.39 is 17.7 Å². The average molecular weight is 551 g/mol. The molecule has 1 aliphatic heterocycles. The van der Waals surface area contributed by atoms with Gasteiger partial charge in [-0.3, -0.25) is 14.5 Å². The number of amides is 1. The maximum absolute atomic E-state index is 13.5. The van der Waals surface area contributed by atoms with Gasteiger partial charge in [0.25, 0.3) is 5.78 Å². The topological polar surface area (TPSA) is 98.2 Å². The molecule has 1 atom stereocenters. The highest BCUT2D eigenvalue weighted by molar-refractivity contribution is 7.22. The van der Waals surface area contributed by atoms with Gasteiger partial charge in [-0.15, -0.1) is 0 Å². The van der Waals surface area contributed by atoms with Crippen LogP contribution >= 0.6 is 22.9 Å². The number of ketones is 1. The first-order valence-corrected chi connectivity index (χ1v) is 12.9.